The van der Waals surface area contributed by atoms with E-state index in [1.165, 1.54) is 0 Å². The molecule has 0 heterocycles. The molecule has 0 saturated carbocycles. The van der Waals surface area contributed by atoms with Crippen molar-refractivity contribution in [2.75, 3.05) is 24.7 Å². The second-order valence-corrected chi connectivity index (χ2v) is 7.24. The first-order valence-corrected chi connectivity index (χ1v) is 8.21. The monoisotopic (exact) mass is 265 g/mol. The van der Waals surface area contributed by atoms with Crippen molar-refractivity contribution in [2.45, 2.75) is 46.6 Å². The van der Waals surface area contributed by atoms with Crippen LogP contribution in [0.1, 0.15) is 40.5 Å². The average Bonchev–Trinajstić information content (AvgIpc) is 2.31. The van der Waals surface area contributed by atoms with Crippen LogP contribution in [0.15, 0.2) is 0 Å². The molecule has 1 unspecified atom stereocenters. The molecule has 0 bridgehead atoms. The Morgan fingerprint density at radius 2 is 1.76 bits per heavy atom. The van der Waals surface area contributed by atoms with E-state index in [1.54, 1.807) is 6.92 Å². The summed E-state index contributed by atoms with van der Waals surface area (Å²) in [4.78, 5) is 0. The van der Waals surface area contributed by atoms with Crippen molar-refractivity contribution in [2.24, 2.45) is 5.41 Å². The summed E-state index contributed by atoms with van der Waals surface area (Å²) in [5.74, 6) is 0.351. The van der Waals surface area contributed by atoms with Crippen LogP contribution in [-0.2, 0) is 9.84 Å². The van der Waals surface area contributed by atoms with Gasteiger partial charge in [0, 0.05) is 30.4 Å². The standard InChI is InChI=1S/C12H27NO3S/c1-5-12(6-2,10-14)9-13-11(4)8-17(15,16)7-3/h11,13-14H,5-10H2,1-4H3. The lowest BCUT2D eigenvalue weighted by Crippen LogP contribution is -2.43. The van der Waals surface area contributed by atoms with Gasteiger partial charge < -0.3 is 10.4 Å². The quantitative estimate of drug-likeness (QED) is 0.657. The van der Waals surface area contributed by atoms with Gasteiger partial charge in [-0.15, -0.1) is 0 Å². The molecular weight excluding hydrogens is 238 g/mol. The van der Waals surface area contributed by atoms with Gasteiger partial charge in [0.05, 0.1) is 5.75 Å². The van der Waals surface area contributed by atoms with Gasteiger partial charge in [-0.25, -0.2) is 8.42 Å². The topological polar surface area (TPSA) is 66.4 Å². The average molecular weight is 265 g/mol. The minimum absolute atomic E-state index is 0.0658. The molecule has 0 aromatic rings. The maximum atomic E-state index is 11.5. The smallest absolute Gasteiger partial charge is 0.151 e. The van der Waals surface area contributed by atoms with Gasteiger partial charge in [-0.2, -0.15) is 0 Å². The van der Waals surface area contributed by atoms with E-state index in [1.807, 2.05) is 6.92 Å². The van der Waals surface area contributed by atoms with Crippen LogP contribution in [0.25, 0.3) is 0 Å². The van der Waals surface area contributed by atoms with Crippen molar-refractivity contribution in [3.05, 3.63) is 0 Å². The molecule has 104 valence electrons. The van der Waals surface area contributed by atoms with Gasteiger partial charge in [-0.3, -0.25) is 0 Å². The third-order valence-electron chi connectivity index (χ3n) is 3.60. The van der Waals surface area contributed by atoms with Crippen molar-refractivity contribution < 1.29 is 13.5 Å². The molecule has 1 atom stereocenters. The van der Waals surface area contributed by atoms with Crippen molar-refractivity contribution in [1.82, 2.24) is 5.32 Å². The van der Waals surface area contributed by atoms with E-state index in [9.17, 15) is 13.5 Å². The molecule has 0 radical (unpaired) electrons. The molecular formula is C12H27NO3S. The maximum absolute atomic E-state index is 11.5. The fourth-order valence-corrected chi connectivity index (χ4v) is 2.84. The van der Waals surface area contributed by atoms with Crippen LogP contribution in [0.5, 0.6) is 0 Å². The zero-order valence-electron chi connectivity index (χ0n) is 11.5. The predicted octanol–water partition coefficient (Wildman–Crippen LogP) is 1.20. The fraction of sp³-hybridized carbons (Fsp3) is 1.00. The van der Waals surface area contributed by atoms with Crippen LogP contribution in [-0.4, -0.2) is 44.2 Å². The molecule has 4 nitrogen and oxygen atoms in total. The third-order valence-corrected chi connectivity index (χ3v) is 5.49. The van der Waals surface area contributed by atoms with Crippen molar-refractivity contribution in [1.29, 1.82) is 0 Å². The number of aliphatic hydroxyl groups is 1. The molecule has 0 amide bonds. The van der Waals surface area contributed by atoms with E-state index >= 15 is 0 Å². The van der Waals surface area contributed by atoms with E-state index in [0.29, 0.717) is 6.54 Å². The first-order chi connectivity index (χ1) is 7.84. The Morgan fingerprint density at radius 3 is 2.12 bits per heavy atom. The molecule has 0 rings (SSSR count). The van der Waals surface area contributed by atoms with Gasteiger partial charge in [0.2, 0.25) is 0 Å². The molecule has 0 aliphatic rings. The maximum Gasteiger partial charge on any atom is 0.151 e. The number of sulfone groups is 1. The van der Waals surface area contributed by atoms with E-state index in [0.717, 1.165) is 12.8 Å². The summed E-state index contributed by atoms with van der Waals surface area (Å²) in [6, 6.07) is -0.0658. The summed E-state index contributed by atoms with van der Waals surface area (Å²) < 4.78 is 22.9. The lowest BCUT2D eigenvalue weighted by molar-refractivity contribution is 0.111. The SMILES string of the molecule is CCC(CC)(CO)CNC(C)CS(=O)(=O)CC. The van der Waals surface area contributed by atoms with Crippen LogP contribution < -0.4 is 5.32 Å². The Bertz CT molecular complexity index is 289. The highest BCUT2D eigenvalue weighted by Gasteiger charge is 2.26. The Labute approximate surface area is 106 Å². The van der Waals surface area contributed by atoms with Gasteiger partial charge in [0.25, 0.3) is 0 Å². The van der Waals surface area contributed by atoms with Gasteiger partial charge in [0.15, 0.2) is 9.84 Å². The molecule has 0 spiro atoms. The highest BCUT2D eigenvalue weighted by Crippen LogP contribution is 2.24. The van der Waals surface area contributed by atoms with Crippen LogP contribution in [0.4, 0.5) is 0 Å². The molecule has 0 aliphatic heterocycles. The van der Waals surface area contributed by atoms with Crippen molar-refractivity contribution >= 4 is 9.84 Å². The summed E-state index contributed by atoms with van der Waals surface area (Å²) in [5.41, 5.74) is -0.121. The van der Waals surface area contributed by atoms with Gasteiger partial charge in [0.1, 0.15) is 0 Å². The second-order valence-electron chi connectivity index (χ2n) is 4.85. The van der Waals surface area contributed by atoms with Crippen LogP contribution in [0, 0.1) is 5.41 Å². The van der Waals surface area contributed by atoms with Crippen molar-refractivity contribution in [3.8, 4) is 0 Å². The van der Waals surface area contributed by atoms with Gasteiger partial charge in [-0.1, -0.05) is 20.8 Å². The number of nitrogens with one attached hydrogen (secondary N) is 1. The third kappa shape index (κ3) is 5.84. The predicted molar refractivity (Wildman–Crippen MR) is 71.9 cm³/mol. The molecule has 5 heteroatoms. The summed E-state index contributed by atoms with van der Waals surface area (Å²) in [5, 5.41) is 12.6. The second kappa shape index (κ2) is 7.34. The Hall–Kier alpha value is -0.130. The summed E-state index contributed by atoms with van der Waals surface area (Å²) >= 11 is 0. The molecule has 0 saturated heterocycles. The Kier molecular flexibility index (Phi) is 7.28. The first kappa shape index (κ1) is 16.9. The Morgan fingerprint density at radius 1 is 1.24 bits per heavy atom. The fourth-order valence-electron chi connectivity index (χ4n) is 1.73. The first-order valence-electron chi connectivity index (χ1n) is 6.39. The minimum atomic E-state index is -2.93. The van der Waals surface area contributed by atoms with E-state index in [4.69, 9.17) is 0 Å². The van der Waals surface area contributed by atoms with Gasteiger partial charge >= 0.3 is 0 Å². The largest absolute Gasteiger partial charge is 0.396 e. The van der Waals surface area contributed by atoms with E-state index < -0.39 is 9.84 Å². The number of hydrogen-bond donors (Lipinski definition) is 2. The summed E-state index contributed by atoms with van der Waals surface area (Å²) in [6.07, 6.45) is 1.78. The molecule has 0 aromatic heterocycles. The molecule has 0 fully saturated rings. The number of aliphatic hydroxyl groups excluding tert-OH is 1. The zero-order chi connectivity index (χ0) is 13.5. The minimum Gasteiger partial charge on any atom is -0.396 e. The highest BCUT2D eigenvalue weighted by atomic mass is 32.2. The van der Waals surface area contributed by atoms with Crippen molar-refractivity contribution in [3.63, 3.8) is 0 Å². The summed E-state index contributed by atoms with van der Waals surface area (Å²) in [7, 11) is -2.93. The van der Waals surface area contributed by atoms with Crippen LogP contribution in [0.2, 0.25) is 0 Å². The molecule has 0 aliphatic carbocycles. The van der Waals surface area contributed by atoms with Gasteiger partial charge in [-0.05, 0) is 19.8 Å². The van der Waals surface area contributed by atoms with Crippen LogP contribution >= 0.6 is 0 Å². The summed E-state index contributed by atoms with van der Waals surface area (Å²) in [6.45, 7) is 8.44. The lowest BCUT2D eigenvalue weighted by atomic mass is 9.83. The normalized spacial score (nSPS) is 14.9. The molecule has 2 N–H and O–H groups in total. The number of rotatable bonds is 9. The lowest BCUT2D eigenvalue weighted by Gasteiger charge is -2.31. The molecule has 17 heavy (non-hydrogen) atoms. The van der Waals surface area contributed by atoms with E-state index in [-0.39, 0.29) is 29.6 Å². The molecule has 0 aromatic carbocycles. The highest BCUT2D eigenvalue weighted by molar-refractivity contribution is 7.91. The number of hydrogen-bond acceptors (Lipinski definition) is 4. The Balaban J connectivity index is 4.27. The van der Waals surface area contributed by atoms with E-state index in [2.05, 4.69) is 19.2 Å². The zero-order valence-corrected chi connectivity index (χ0v) is 12.3. The van der Waals surface area contributed by atoms with Crippen LogP contribution in [0.3, 0.4) is 0 Å².